The van der Waals surface area contributed by atoms with Gasteiger partial charge in [0.05, 0.1) is 0 Å². The van der Waals surface area contributed by atoms with Crippen LogP contribution in [0.25, 0.3) is 0 Å². The van der Waals surface area contributed by atoms with Gasteiger partial charge in [0.25, 0.3) is 0 Å². The summed E-state index contributed by atoms with van der Waals surface area (Å²) in [7, 11) is 0. The zero-order chi connectivity index (χ0) is 15.2. The number of hydrogen-bond acceptors (Lipinski definition) is 1. The Labute approximate surface area is 127 Å². The zero-order valence-electron chi connectivity index (χ0n) is 13.1. The first-order valence-electron chi connectivity index (χ1n) is 7.62. The molecule has 0 aliphatic carbocycles. The van der Waals surface area contributed by atoms with Crippen LogP contribution in [0.3, 0.4) is 0 Å². The lowest BCUT2D eigenvalue weighted by molar-refractivity contribution is 0.526. The standard InChI is InChI=1S/C19H24FN/c1-14(2)17-10-8-16(9-11-17)13-21-15(3)12-18-6-4-5-7-19(18)20/h4-11,14-15,21H,12-13H2,1-3H3. The minimum atomic E-state index is -0.118. The normalized spacial score (nSPS) is 12.6. The number of hydrogen-bond donors (Lipinski definition) is 1. The van der Waals surface area contributed by atoms with Gasteiger partial charge < -0.3 is 5.32 Å². The molecule has 0 aliphatic heterocycles. The second-order valence-electron chi connectivity index (χ2n) is 5.97. The van der Waals surface area contributed by atoms with Crippen LogP contribution in [-0.4, -0.2) is 6.04 Å². The molecule has 112 valence electrons. The van der Waals surface area contributed by atoms with Crippen LogP contribution in [0, 0.1) is 5.82 Å². The van der Waals surface area contributed by atoms with Crippen LogP contribution in [0.5, 0.6) is 0 Å². The van der Waals surface area contributed by atoms with E-state index in [4.69, 9.17) is 0 Å². The third kappa shape index (κ3) is 4.68. The second kappa shape index (κ2) is 7.37. The zero-order valence-corrected chi connectivity index (χ0v) is 13.1. The van der Waals surface area contributed by atoms with E-state index in [0.717, 1.165) is 12.1 Å². The first-order chi connectivity index (χ1) is 10.1. The van der Waals surface area contributed by atoms with E-state index in [1.807, 2.05) is 12.1 Å². The molecule has 0 heterocycles. The molecule has 0 fully saturated rings. The Morgan fingerprint density at radius 3 is 2.24 bits per heavy atom. The van der Waals surface area contributed by atoms with Crippen LogP contribution in [-0.2, 0) is 13.0 Å². The molecule has 0 aliphatic rings. The summed E-state index contributed by atoms with van der Waals surface area (Å²) >= 11 is 0. The van der Waals surface area contributed by atoms with Gasteiger partial charge in [0, 0.05) is 12.6 Å². The fourth-order valence-electron chi connectivity index (χ4n) is 2.38. The van der Waals surface area contributed by atoms with Gasteiger partial charge in [0.2, 0.25) is 0 Å². The van der Waals surface area contributed by atoms with E-state index >= 15 is 0 Å². The highest BCUT2D eigenvalue weighted by Gasteiger charge is 2.07. The smallest absolute Gasteiger partial charge is 0.126 e. The van der Waals surface area contributed by atoms with Gasteiger partial charge >= 0.3 is 0 Å². The van der Waals surface area contributed by atoms with Gasteiger partial charge in [-0.1, -0.05) is 56.3 Å². The fraction of sp³-hybridized carbons (Fsp3) is 0.368. The predicted octanol–water partition coefficient (Wildman–Crippen LogP) is 4.67. The van der Waals surface area contributed by atoms with E-state index in [2.05, 4.69) is 50.4 Å². The molecule has 2 aromatic carbocycles. The molecule has 21 heavy (non-hydrogen) atoms. The summed E-state index contributed by atoms with van der Waals surface area (Å²) in [6.07, 6.45) is 0.705. The average molecular weight is 285 g/mol. The number of halogens is 1. The Hall–Kier alpha value is -1.67. The van der Waals surface area contributed by atoms with Crippen molar-refractivity contribution in [2.75, 3.05) is 0 Å². The van der Waals surface area contributed by atoms with Gasteiger partial charge in [-0.05, 0) is 42.0 Å². The van der Waals surface area contributed by atoms with Crippen LogP contribution < -0.4 is 5.32 Å². The molecule has 2 rings (SSSR count). The van der Waals surface area contributed by atoms with Crippen LogP contribution in [0.1, 0.15) is 43.4 Å². The molecular weight excluding hydrogens is 261 g/mol. The first-order valence-corrected chi connectivity index (χ1v) is 7.62. The summed E-state index contributed by atoms with van der Waals surface area (Å²) < 4.78 is 13.6. The molecule has 0 radical (unpaired) electrons. The van der Waals surface area contributed by atoms with Gasteiger partial charge in [-0.2, -0.15) is 0 Å². The summed E-state index contributed by atoms with van der Waals surface area (Å²) in [5.74, 6) is 0.444. The molecule has 0 aromatic heterocycles. The average Bonchev–Trinajstić information content (AvgIpc) is 2.48. The molecule has 0 saturated heterocycles. The minimum Gasteiger partial charge on any atom is -0.310 e. The Morgan fingerprint density at radius 2 is 1.62 bits per heavy atom. The Bertz CT molecular complexity index is 560. The molecule has 1 atom stereocenters. The molecule has 2 aromatic rings. The van der Waals surface area contributed by atoms with Crippen molar-refractivity contribution in [1.82, 2.24) is 5.32 Å². The minimum absolute atomic E-state index is 0.118. The molecular formula is C19H24FN. The maximum Gasteiger partial charge on any atom is 0.126 e. The highest BCUT2D eigenvalue weighted by molar-refractivity contribution is 5.24. The highest BCUT2D eigenvalue weighted by atomic mass is 19.1. The topological polar surface area (TPSA) is 12.0 Å². The highest BCUT2D eigenvalue weighted by Crippen LogP contribution is 2.15. The van der Waals surface area contributed by atoms with E-state index in [-0.39, 0.29) is 11.9 Å². The SMILES string of the molecule is CC(Cc1ccccc1F)NCc1ccc(C(C)C)cc1. The summed E-state index contributed by atoms with van der Waals surface area (Å²) in [4.78, 5) is 0. The van der Waals surface area contributed by atoms with Gasteiger partial charge in [0.15, 0.2) is 0 Å². The summed E-state index contributed by atoms with van der Waals surface area (Å²) in [6.45, 7) is 7.30. The molecule has 1 unspecified atom stereocenters. The maximum absolute atomic E-state index is 13.6. The maximum atomic E-state index is 13.6. The van der Waals surface area contributed by atoms with Crippen LogP contribution in [0.2, 0.25) is 0 Å². The summed E-state index contributed by atoms with van der Waals surface area (Å²) in [6, 6.07) is 15.9. The molecule has 0 bridgehead atoms. The molecule has 0 saturated carbocycles. The lowest BCUT2D eigenvalue weighted by Crippen LogP contribution is -2.27. The molecule has 1 nitrogen and oxygen atoms in total. The van der Waals surface area contributed by atoms with Gasteiger partial charge in [-0.25, -0.2) is 4.39 Å². The van der Waals surface area contributed by atoms with E-state index in [1.54, 1.807) is 6.07 Å². The van der Waals surface area contributed by atoms with Crippen molar-refractivity contribution in [2.24, 2.45) is 0 Å². The van der Waals surface area contributed by atoms with E-state index in [1.165, 1.54) is 17.2 Å². The summed E-state index contributed by atoms with van der Waals surface area (Å²) in [5.41, 5.74) is 3.39. The molecule has 0 amide bonds. The van der Waals surface area contributed by atoms with Crippen LogP contribution >= 0.6 is 0 Å². The molecule has 1 N–H and O–H groups in total. The monoisotopic (exact) mass is 285 g/mol. The second-order valence-corrected chi connectivity index (χ2v) is 5.97. The van der Waals surface area contributed by atoms with Crippen molar-refractivity contribution in [2.45, 2.75) is 45.7 Å². The van der Waals surface area contributed by atoms with Crippen molar-refractivity contribution in [1.29, 1.82) is 0 Å². The van der Waals surface area contributed by atoms with Crippen molar-refractivity contribution < 1.29 is 4.39 Å². The first kappa shape index (κ1) is 15.7. The molecule has 0 spiro atoms. The Balaban J connectivity index is 1.86. The Morgan fingerprint density at radius 1 is 0.952 bits per heavy atom. The lowest BCUT2D eigenvalue weighted by Gasteiger charge is -2.15. The summed E-state index contributed by atoms with van der Waals surface area (Å²) in [5, 5.41) is 3.46. The number of benzene rings is 2. The van der Waals surface area contributed by atoms with Crippen molar-refractivity contribution >= 4 is 0 Å². The largest absolute Gasteiger partial charge is 0.310 e. The third-order valence-electron chi connectivity index (χ3n) is 3.78. The predicted molar refractivity (Wildman–Crippen MR) is 86.9 cm³/mol. The molecule has 2 heteroatoms. The van der Waals surface area contributed by atoms with Crippen molar-refractivity contribution in [3.05, 3.63) is 71.0 Å². The lowest BCUT2D eigenvalue weighted by atomic mass is 10.0. The number of nitrogens with one attached hydrogen (secondary N) is 1. The van der Waals surface area contributed by atoms with Crippen LogP contribution in [0.15, 0.2) is 48.5 Å². The van der Waals surface area contributed by atoms with Crippen molar-refractivity contribution in [3.8, 4) is 0 Å². The van der Waals surface area contributed by atoms with Crippen molar-refractivity contribution in [3.63, 3.8) is 0 Å². The van der Waals surface area contributed by atoms with E-state index < -0.39 is 0 Å². The quantitative estimate of drug-likeness (QED) is 0.813. The van der Waals surface area contributed by atoms with E-state index in [9.17, 15) is 4.39 Å². The number of rotatable bonds is 6. The third-order valence-corrected chi connectivity index (χ3v) is 3.78. The van der Waals surface area contributed by atoms with Gasteiger partial charge in [-0.3, -0.25) is 0 Å². The van der Waals surface area contributed by atoms with E-state index in [0.29, 0.717) is 12.3 Å². The van der Waals surface area contributed by atoms with Crippen LogP contribution in [0.4, 0.5) is 4.39 Å². The van der Waals surface area contributed by atoms with Gasteiger partial charge in [-0.15, -0.1) is 0 Å². The Kier molecular flexibility index (Phi) is 5.51. The fourth-order valence-corrected chi connectivity index (χ4v) is 2.38. The van der Waals surface area contributed by atoms with Gasteiger partial charge in [0.1, 0.15) is 5.82 Å².